The number of rotatable bonds is 1. The minimum atomic E-state index is -0.504. The molecule has 1 rings (SSSR count). The lowest BCUT2D eigenvalue weighted by Crippen LogP contribution is -2.28. The molecule has 0 unspecified atom stereocenters. The van der Waals surface area contributed by atoms with Gasteiger partial charge >= 0.3 is 6.03 Å². The maximum Gasteiger partial charge on any atom is 0.325 e. The van der Waals surface area contributed by atoms with Gasteiger partial charge in [-0.2, -0.15) is 0 Å². The third-order valence-electron chi connectivity index (χ3n) is 1.54. The number of hydrogen-bond acceptors (Lipinski definition) is 3. The van der Waals surface area contributed by atoms with E-state index in [1.165, 1.54) is 11.2 Å². The maximum atomic E-state index is 11.0. The number of Topliss-reactive ketones (excluding diaryl/α,β-unsaturated/α-hetero) is 1. The molecule has 0 aliphatic carbocycles. The van der Waals surface area contributed by atoms with Crippen LogP contribution in [0.3, 0.4) is 0 Å². The lowest BCUT2D eigenvalue weighted by molar-refractivity contribution is -0.113. The van der Waals surface area contributed by atoms with Crippen LogP contribution in [0.5, 0.6) is 0 Å². The van der Waals surface area contributed by atoms with Gasteiger partial charge in [-0.3, -0.25) is 9.10 Å². The normalized spacial score (nSPS) is 17.0. The van der Waals surface area contributed by atoms with E-state index in [4.69, 9.17) is 5.73 Å². The van der Waals surface area contributed by atoms with Crippen LogP contribution in [0.15, 0.2) is 10.5 Å². The van der Waals surface area contributed by atoms with Gasteiger partial charge in [0, 0.05) is 0 Å². The number of amides is 2. The molecule has 5 heteroatoms. The standard InChI is InChI=1S/C7H10N2O2S/c1-4-3-9(7(8)11)12-6(4)5(2)10/h3H2,1-2H3,(H2,8,11). The molecule has 0 aromatic carbocycles. The topological polar surface area (TPSA) is 63.4 Å². The second-order valence-electron chi connectivity index (χ2n) is 2.63. The molecule has 2 N–H and O–H groups in total. The molecular weight excluding hydrogens is 176 g/mol. The highest BCUT2D eigenvalue weighted by Gasteiger charge is 2.25. The summed E-state index contributed by atoms with van der Waals surface area (Å²) in [7, 11) is 0. The van der Waals surface area contributed by atoms with Crippen molar-refractivity contribution >= 4 is 23.8 Å². The highest BCUT2D eigenvalue weighted by atomic mass is 32.2. The molecule has 0 fully saturated rings. The molecule has 1 heterocycles. The minimum Gasteiger partial charge on any atom is -0.351 e. The molecule has 0 radical (unpaired) electrons. The number of allylic oxidation sites excluding steroid dienone is 1. The third-order valence-corrected chi connectivity index (χ3v) is 2.88. The van der Waals surface area contributed by atoms with E-state index >= 15 is 0 Å². The first kappa shape index (κ1) is 9.12. The molecule has 1 aliphatic rings. The van der Waals surface area contributed by atoms with E-state index in [9.17, 15) is 9.59 Å². The summed E-state index contributed by atoms with van der Waals surface area (Å²) in [6, 6.07) is -0.504. The first-order valence-corrected chi connectivity index (χ1v) is 4.25. The van der Waals surface area contributed by atoms with Crippen molar-refractivity contribution in [2.75, 3.05) is 6.54 Å². The van der Waals surface area contributed by atoms with Crippen LogP contribution in [0, 0.1) is 0 Å². The van der Waals surface area contributed by atoms with Gasteiger partial charge in [0.05, 0.1) is 11.4 Å². The number of ketones is 1. The summed E-state index contributed by atoms with van der Waals surface area (Å²) in [6.45, 7) is 3.76. The van der Waals surface area contributed by atoms with Crippen LogP contribution < -0.4 is 5.73 Å². The van der Waals surface area contributed by atoms with E-state index in [0.717, 1.165) is 17.5 Å². The van der Waals surface area contributed by atoms with E-state index in [1.807, 2.05) is 6.92 Å². The first-order chi connectivity index (χ1) is 5.52. The summed E-state index contributed by atoms with van der Waals surface area (Å²) >= 11 is 1.12. The number of nitrogens with two attached hydrogens (primary N) is 1. The van der Waals surface area contributed by atoms with Gasteiger partial charge in [-0.05, 0) is 31.4 Å². The number of carbonyl (C=O) groups is 2. The summed E-state index contributed by atoms with van der Waals surface area (Å²) < 4.78 is 1.37. The molecule has 0 atom stereocenters. The Labute approximate surface area is 74.9 Å². The molecule has 0 aromatic rings. The smallest absolute Gasteiger partial charge is 0.325 e. The molecular formula is C7H10N2O2S. The van der Waals surface area contributed by atoms with Crippen LogP contribution in [0.1, 0.15) is 13.8 Å². The summed E-state index contributed by atoms with van der Waals surface area (Å²) in [5.41, 5.74) is 5.96. The SMILES string of the molecule is CC(=O)C1=C(C)CN(C(N)=O)S1. The van der Waals surface area contributed by atoms with E-state index in [2.05, 4.69) is 0 Å². The van der Waals surface area contributed by atoms with Crippen molar-refractivity contribution in [1.29, 1.82) is 0 Å². The largest absolute Gasteiger partial charge is 0.351 e. The number of nitrogens with zero attached hydrogens (tertiary/aromatic N) is 1. The number of urea groups is 1. The molecule has 0 aromatic heterocycles. The fraction of sp³-hybridized carbons (Fsp3) is 0.429. The molecule has 1 aliphatic heterocycles. The third kappa shape index (κ3) is 1.61. The van der Waals surface area contributed by atoms with Crippen molar-refractivity contribution in [2.45, 2.75) is 13.8 Å². The van der Waals surface area contributed by atoms with E-state index < -0.39 is 6.03 Å². The van der Waals surface area contributed by atoms with Crippen molar-refractivity contribution in [3.05, 3.63) is 10.5 Å². The molecule has 0 saturated carbocycles. The van der Waals surface area contributed by atoms with Crippen LogP contribution in [0.4, 0.5) is 4.79 Å². The van der Waals surface area contributed by atoms with Crippen LogP contribution >= 0.6 is 11.9 Å². The lowest BCUT2D eigenvalue weighted by Gasteiger charge is -2.09. The van der Waals surface area contributed by atoms with Crippen LogP contribution in [0.2, 0.25) is 0 Å². The summed E-state index contributed by atoms with van der Waals surface area (Å²) in [5, 5.41) is 0. The van der Waals surface area contributed by atoms with E-state index in [0.29, 0.717) is 11.4 Å². The summed E-state index contributed by atoms with van der Waals surface area (Å²) in [6.07, 6.45) is 0. The van der Waals surface area contributed by atoms with Crippen LogP contribution in [0.25, 0.3) is 0 Å². The Hall–Kier alpha value is -0.970. The fourth-order valence-electron chi connectivity index (χ4n) is 0.995. The van der Waals surface area contributed by atoms with Crippen molar-refractivity contribution in [2.24, 2.45) is 5.73 Å². The van der Waals surface area contributed by atoms with Gasteiger partial charge in [0.1, 0.15) is 0 Å². The van der Waals surface area contributed by atoms with Gasteiger partial charge in [-0.25, -0.2) is 4.79 Å². The van der Waals surface area contributed by atoms with Gasteiger partial charge in [-0.1, -0.05) is 0 Å². The summed E-state index contributed by atoms with van der Waals surface area (Å²) in [4.78, 5) is 22.3. The Balaban J connectivity index is 2.74. The zero-order chi connectivity index (χ0) is 9.30. The van der Waals surface area contributed by atoms with Crippen molar-refractivity contribution in [3.8, 4) is 0 Å². The molecule has 0 bridgehead atoms. The monoisotopic (exact) mass is 186 g/mol. The van der Waals surface area contributed by atoms with Crippen molar-refractivity contribution in [1.82, 2.24) is 4.31 Å². The maximum absolute atomic E-state index is 11.0. The Kier molecular flexibility index (Phi) is 2.42. The highest BCUT2D eigenvalue weighted by molar-refractivity contribution is 8.02. The first-order valence-electron chi connectivity index (χ1n) is 3.48. The highest BCUT2D eigenvalue weighted by Crippen LogP contribution is 2.32. The second kappa shape index (κ2) is 3.18. The zero-order valence-corrected chi connectivity index (χ0v) is 7.77. The van der Waals surface area contributed by atoms with Crippen LogP contribution in [-0.2, 0) is 4.79 Å². The fourth-order valence-corrected chi connectivity index (χ4v) is 1.91. The predicted molar refractivity (Wildman–Crippen MR) is 47.3 cm³/mol. The molecule has 0 spiro atoms. The molecule has 4 nitrogen and oxygen atoms in total. The van der Waals surface area contributed by atoms with Gasteiger partial charge in [0.15, 0.2) is 5.78 Å². The molecule has 0 saturated heterocycles. The van der Waals surface area contributed by atoms with E-state index in [1.54, 1.807) is 0 Å². The summed E-state index contributed by atoms with van der Waals surface area (Å²) in [5.74, 6) is -0.0127. The number of carbonyl (C=O) groups excluding carboxylic acids is 2. The second-order valence-corrected chi connectivity index (χ2v) is 3.66. The van der Waals surface area contributed by atoms with Crippen molar-refractivity contribution < 1.29 is 9.59 Å². The average molecular weight is 186 g/mol. The number of hydrogen-bond donors (Lipinski definition) is 1. The molecule has 2 amide bonds. The number of primary amides is 1. The zero-order valence-electron chi connectivity index (χ0n) is 6.96. The quantitative estimate of drug-likeness (QED) is 0.618. The minimum absolute atomic E-state index is 0.0127. The molecule has 12 heavy (non-hydrogen) atoms. The van der Waals surface area contributed by atoms with E-state index in [-0.39, 0.29) is 5.78 Å². The van der Waals surface area contributed by atoms with Gasteiger partial charge in [0.25, 0.3) is 0 Å². The van der Waals surface area contributed by atoms with Crippen LogP contribution in [-0.4, -0.2) is 22.7 Å². The Morgan fingerprint density at radius 3 is 2.42 bits per heavy atom. The van der Waals surface area contributed by atoms with Gasteiger partial charge in [-0.15, -0.1) is 0 Å². The lowest BCUT2D eigenvalue weighted by atomic mass is 10.2. The predicted octanol–water partition coefficient (Wildman–Crippen LogP) is 0.892. The molecule has 66 valence electrons. The van der Waals surface area contributed by atoms with Crippen molar-refractivity contribution in [3.63, 3.8) is 0 Å². The Morgan fingerprint density at radius 1 is 1.58 bits per heavy atom. The van der Waals surface area contributed by atoms with Gasteiger partial charge in [0.2, 0.25) is 0 Å². The van der Waals surface area contributed by atoms with Gasteiger partial charge < -0.3 is 5.73 Å². The Morgan fingerprint density at radius 2 is 2.17 bits per heavy atom. The Bertz CT molecular complexity index is 273. The average Bonchev–Trinajstić information content (AvgIpc) is 2.30.